The molecule has 0 aliphatic carbocycles. The van der Waals surface area contributed by atoms with E-state index < -0.39 is 17.6 Å². The number of rotatable bonds is 7. The van der Waals surface area contributed by atoms with Crippen LogP contribution in [0.3, 0.4) is 0 Å². The van der Waals surface area contributed by atoms with Crippen molar-refractivity contribution in [1.29, 1.82) is 0 Å². The van der Waals surface area contributed by atoms with Gasteiger partial charge < -0.3 is 15.2 Å². The van der Waals surface area contributed by atoms with Crippen molar-refractivity contribution < 1.29 is 19.4 Å². The number of carboxylic acids is 1. The quantitative estimate of drug-likeness (QED) is 0.356. The van der Waals surface area contributed by atoms with Gasteiger partial charge in [0, 0.05) is 16.4 Å². The Morgan fingerprint density at radius 3 is 2.15 bits per heavy atom. The predicted molar refractivity (Wildman–Crippen MR) is 132 cm³/mol. The smallest absolute Gasteiger partial charge is 0.347 e. The summed E-state index contributed by atoms with van der Waals surface area (Å²) in [6.45, 7) is 3.17. The zero-order valence-electron chi connectivity index (χ0n) is 17.8. The van der Waals surface area contributed by atoms with E-state index in [0.717, 1.165) is 5.56 Å². The molecule has 0 aliphatic rings. The second-order valence-corrected chi connectivity index (χ2v) is 8.93. The van der Waals surface area contributed by atoms with E-state index in [4.69, 9.17) is 39.5 Å². The lowest BCUT2D eigenvalue weighted by Gasteiger charge is -2.25. The van der Waals surface area contributed by atoms with E-state index in [2.05, 4.69) is 5.32 Å². The maximum Gasteiger partial charge on any atom is 0.347 e. The Morgan fingerprint density at radius 1 is 0.939 bits per heavy atom. The number of hydrogen-bond acceptors (Lipinski definition) is 3. The van der Waals surface area contributed by atoms with Crippen molar-refractivity contribution in [2.75, 3.05) is 10.2 Å². The molecule has 33 heavy (non-hydrogen) atoms. The highest BCUT2D eigenvalue weighted by molar-refractivity contribution is 6.42. The number of hydrogen-bond donors (Lipinski definition) is 2. The molecular weight excluding hydrogens is 487 g/mol. The Hall–Kier alpha value is -2.93. The van der Waals surface area contributed by atoms with E-state index in [9.17, 15) is 14.7 Å². The molecule has 0 spiro atoms. The fourth-order valence-corrected chi connectivity index (χ4v) is 3.27. The highest BCUT2D eigenvalue weighted by Crippen LogP contribution is 2.28. The Labute approximate surface area is 206 Å². The molecule has 0 aromatic heterocycles. The van der Waals surface area contributed by atoms with Gasteiger partial charge in [0.15, 0.2) is 5.60 Å². The van der Waals surface area contributed by atoms with Gasteiger partial charge >= 0.3 is 12.0 Å². The average molecular weight is 508 g/mol. The number of anilines is 2. The largest absolute Gasteiger partial charge is 0.478 e. The summed E-state index contributed by atoms with van der Waals surface area (Å²) in [5, 5.41) is 13.4. The van der Waals surface area contributed by atoms with Gasteiger partial charge in [-0.1, -0.05) is 46.9 Å². The molecule has 3 aromatic carbocycles. The van der Waals surface area contributed by atoms with Gasteiger partial charge in [-0.15, -0.1) is 0 Å². The first-order valence-electron chi connectivity index (χ1n) is 9.85. The zero-order valence-corrected chi connectivity index (χ0v) is 20.1. The molecule has 0 saturated heterocycles. The van der Waals surface area contributed by atoms with Crippen LogP contribution in [0.2, 0.25) is 15.1 Å². The molecule has 9 heteroatoms. The third-order valence-electron chi connectivity index (χ3n) is 4.71. The fourth-order valence-electron chi connectivity index (χ4n) is 2.85. The molecule has 0 bridgehead atoms. The SMILES string of the molecule is CC(C)(Oc1ccc(N(Cc2ccc(Cl)cc2)C(=O)Nc2ccc(Cl)c(Cl)c2)cc1)C(=O)O. The van der Waals surface area contributed by atoms with E-state index in [1.54, 1.807) is 54.6 Å². The molecule has 172 valence electrons. The number of carboxylic acid groups (broad SMARTS) is 1. The van der Waals surface area contributed by atoms with Crippen molar-refractivity contribution >= 4 is 58.2 Å². The van der Waals surface area contributed by atoms with Crippen LogP contribution in [0.1, 0.15) is 19.4 Å². The molecule has 0 heterocycles. The summed E-state index contributed by atoms with van der Waals surface area (Å²) < 4.78 is 5.55. The van der Waals surface area contributed by atoms with E-state index in [-0.39, 0.29) is 6.54 Å². The molecule has 0 radical (unpaired) electrons. The summed E-state index contributed by atoms with van der Waals surface area (Å²) >= 11 is 18.0. The van der Waals surface area contributed by atoms with Crippen molar-refractivity contribution in [3.63, 3.8) is 0 Å². The van der Waals surface area contributed by atoms with Gasteiger partial charge in [-0.25, -0.2) is 9.59 Å². The molecule has 3 rings (SSSR count). The minimum atomic E-state index is -1.39. The summed E-state index contributed by atoms with van der Waals surface area (Å²) in [6.07, 6.45) is 0. The third-order valence-corrected chi connectivity index (χ3v) is 5.70. The highest BCUT2D eigenvalue weighted by atomic mass is 35.5. The number of nitrogens with zero attached hydrogens (tertiary/aromatic N) is 1. The minimum absolute atomic E-state index is 0.255. The van der Waals surface area contributed by atoms with Crippen LogP contribution in [0.15, 0.2) is 66.7 Å². The minimum Gasteiger partial charge on any atom is -0.478 e. The molecule has 2 amide bonds. The first-order chi connectivity index (χ1) is 15.5. The molecule has 0 unspecified atom stereocenters. The van der Waals surface area contributed by atoms with Gasteiger partial charge in [0.25, 0.3) is 0 Å². The van der Waals surface area contributed by atoms with Crippen LogP contribution in [0.25, 0.3) is 0 Å². The van der Waals surface area contributed by atoms with E-state index in [0.29, 0.717) is 32.2 Å². The molecular formula is C24H21Cl3N2O4. The van der Waals surface area contributed by atoms with Gasteiger partial charge in [0.05, 0.1) is 16.6 Å². The monoisotopic (exact) mass is 506 g/mol. The lowest BCUT2D eigenvalue weighted by Crippen LogP contribution is -2.38. The van der Waals surface area contributed by atoms with Crippen LogP contribution in [0, 0.1) is 0 Å². The van der Waals surface area contributed by atoms with Crippen molar-refractivity contribution in [3.8, 4) is 5.75 Å². The zero-order chi connectivity index (χ0) is 24.2. The van der Waals surface area contributed by atoms with Crippen LogP contribution >= 0.6 is 34.8 Å². The van der Waals surface area contributed by atoms with Crippen LogP contribution in [-0.4, -0.2) is 22.7 Å². The Bertz CT molecular complexity index is 1150. The number of nitrogens with one attached hydrogen (secondary N) is 1. The van der Waals surface area contributed by atoms with Gasteiger partial charge in [0.1, 0.15) is 5.75 Å². The number of amides is 2. The second-order valence-electron chi connectivity index (χ2n) is 7.68. The van der Waals surface area contributed by atoms with Crippen LogP contribution in [0.4, 0.5) is 16.2 Å². The van der Waals surface area contributed by atoms with E-state index in [1.807, 2.05) is 12.1 Å². The van der Waals surface area contributed by atoms with Crippen molar-refractivity contribution in [2.45, 2.75) is 26.0 Å². The third kappa shape index (κ3) is 6.54. The Kier molecular flexibility index (Phi) is 7.74. The van der Waals surface area contributed by atoms with Crippen LogP contribution < -0.4 is 15.0 Å². The summed E-state index contributed by atoms with van der Waals surface area (Å²) in [7, 11) is 0. The summed E-state index contributed by atoms with van der Waals surface area (Å²) in [4.78, 5) is 26.0. The maximum absolute atomic E-state index is 13.2. The second kappa shape index (κ2) is 10.3. The molecule has 0 saturated carbocycles. The topological polar surface area (TPSA) is 78.9 Å². The van der Waals surface area contributed by atoms with Gasteiger partial charge in [-0.2, -0.15) is 0 Å². The predicted octanol–water partition coefficient (Wildman–Crippen LogP) is 7.13. The molecule has 6 nitrogen and oxygen atoms in total. The number of halogens is 3. The lowest BCUT2D eigenvalue weighted by molar-refractivity contribution is -0.152. The number of benzene rings is 3. The first-order valence-corrected chi connectivity index (χ1v) is 11.0. The van der Waals surface area contributed by atoms with Crippen molar-refractivity contribution in [2.24, 2.45) is 0 Å². The van der Waals surface area contributed by atoms with Gasteiger partial charge in [-0.05, 0) is 74.0 Å². The van der Waals surface area contributed by atoms with E-state index >= 15 is 0 Å². The molecule has 0 aliphatic heterocycles. The Balaban J connectivity index is 1.87. The number of carbonyl (C=O) groups is 2. The standard InChI is InChI=1S/C24H21Cl3N2O4/c1-24(2,22(30)31)33-19-10-8-18(9-11-19)29(14-15-3-5-16(25)6-4-15)23(32)28-17-7-12-20(26)21(27)13-17/h3-13H,14H2,1-2H3,(H,28,32)(H,30,31). The number of urea groups is 1. The number of aliphatic carboxylic acids is 1. The molecule has 3 aromatic rings. The van der Waals surface area contributed by atoms with Crippen LogP contribution in [0.5, 0.6) is 5.75 Å². The fraction of sp³-hybridized carbons (Fsp3) is 0.167. The lowest BCUT2D eigenvalue weighted by atomic mass is 10.1. The number of carbonyl (C=O) groups excluding carboxylic acids is 1. The maximum atomic E-state index is 13.2. The van der Waals surface area contributed by atoms with Crippen molar-refractivity contribution in [3.05, 3.63) is 87.4 Å². The van der Waals surface area contributed by atoms with Gasteiger partial charge in [0.2, 0.25) is 0 Å². The van der Waals surface area contributed by atoms with Gasteiger partial charge in [-0.3, -0.25) is 4.90 Å². The number of ether oxygens (including phenoxy) is 1. The van der Waals surface area contributed by atoms with E-state index in [1.165, 1.54) is 18.7 Å². The van der Waals surface area contributed by atoms with Crippen LogP contribution in [-0.2, 0) is 11.3 Å². The first kappa shape index (κ1) is 24.7. The molecule has 0 atom stereocenters. The molecule has 0 fully saturated rings. The molecule has 2 N–H and O–H groups in total. The normalized spacial score (nSPS) is 11.1. The van der Waals surface area contributed by atoms with Crippen molar-refractivity contribution in [1.82, 2.24) is 0 Å². The highest BCUT2D eigenvalue weighted by Gasteiger charge is 2.29. The Morgan fingerprint density at radius 2 is 1.58 bits per heavy atom. The average Bonchev–Trinajstić information content (AvgIpc) is 2.76. The summed E-state index contributed by atoms with van der Waals surface area (Å²) in [5.41, 5.74) is 0.521. The summed E-state index contributed by atoms with van der Waals surface area (Å²) in [6, 6.07) is 18.1. The summed E-state index contributed by atoms with van der Waals surface area (Å²) in [5.74, 6) is -0.723.